The van der Waals surface area contributed by atoms with Crippen molar-refractivity contribution < 1.29 is 4.79 Å². The first-order chi connectivity index (χ1) is 12.1. The molecule has 0 fully saturated rings. The summed E-state index contributed by atoms with van der Waals surface area (Å²) in [4.78, 5) is 27.9. The number of unbranched alkanes of at least 4 members (excludes halogenated alkanes) is 1. The molecule has 1 aliphatic rings. The molecular formula is C19H23N3O2S. The highest BCUT2D eigenvalue weighted by Gasteiger charge is 2.26. The summed E-state index contributed by atoms with van der Waals surface area (Å²) in [7, 11) is 0. The number of fused-ring (bicyclic) bond motifs is 1. The standard InChI is InChI=1S/C19H23N3O2S/c1-3-4-12-22-18(23)10-9-15(20-22)19(24)21-13-11-14(2)25-17-8-6-5-7-16(17)21/h5-10,14H,3-4,11-13H2,1-2H3. The highest BCUT2D eigenvalue weighted by molar-refractivity contribution is 8.00. The number of amides is 1. The van der Waals surface area contributed by atoms with E-state index in [-0.39, 0.29) is 11.5 Å². The van der Waals surface area contributed by atoms with Crippen molar-refractivity contribution in [1.29, 1.82) is 0 Å². The summed E-state index contributed by atoms with van der Waals surface area (Å²) < 4.78 is 1.40. The van der Waals surface area contributed by atoms with E-state index in [1.807, 2.05) is 18.2 Å². The van der Waals surface area contributed by atoms with Gasteiger partial charge in [0, 0.05) is 29.3 Å². The van der Waals surface area contributed by atoms with Gasteiger partial charge in [-0.05, 0) is 31.0 Å². The van der Waals surface area contributed by atoms with Crippen LogP contribution in [0.1, 0.15) is 43.6 Å². The number of hydrogen-bond donors (Lipinski definition) is 0. The van der Waals surface area contributed by atoms with Gasteiger partial charge < -0.3 is 4.90 Å². The Morgan fingerprint density at radius 2 is 2.08 bits per heavy atom. The molecule has 1 aliphatic heterocycles. The van der Waals surface area contributed by atoms with Gasteiger partial charge in [0.15, 0.2) is 0 Å². The Kier molecular flexibility index (Phi) is 5.58. The third kappa shape index (κ3) is 3.95. The fraction of sp³-hybridized carbons (Fsp3) is 0.421. The third-order valence-corrected chi connectivity index (χ3v) is 5.54. The van der Waals surface area contributed by atoms with Crippen LogP contribution >= 0.6 is 11.8 Å². The van der Waals surface area contributed by atoms with E-state index in [1.165, 1.54) is 16.8 Å². The molecule has 0 aliphatic carbocycles. The Labute approximate surface area is 152 Å². The molecule has 2 aromatic rings. The van der Waals surface area contributed by atoms with Gasteiger partial charge in [-0.2, -0.15) is 5.10 Å². The van der Waals surface area contributed by atoms with E-state index in [2.05, 4.69) is 25.0 Å². The van der Waals surface area contributed by atoms with E-state index < -0.39 is 0 Å². The van der Waals surface area contributed by atoms with Gasteiger partial charge in [-0.25, -0.2) is 4.68 Å². The van der Waals surface area contributed by atoms with Crippen LogP contribution in [0.2, 0.25) is 0 Å². The van der Waals surface area contributed by atoms with E-state index in [0.717, 1.165) is 29.8 Å². The molecule has 5 nitrogen and oxygen atoms in total. The minimum Gasteiger partial charge on any atom is -0.306 e. The van der Waals surface area contributed by atoms with E-state index >= 15 is 0 Å². The SMILES string of the molecule is CCCCn1nc(C(=O)N2CCC(C)Sc3ccccc32)ccc1=O. The summed E-state index contributed by atoms with van der Waals surface area (Å²) in [5.74, 6) is -0.146. The van der Waals surface area contributed by atoms with E-state index in [1.54, 1.807) is 16.7 Å². The summed E-state index contributed by atoms with van der Waals surface area (Å²) in [6.45, 7) is 5.44. The number of hydrogen-bond acceptors (Lipinski definition) is 4. The number of benzene rings is 1. The summed E-state index contributed by atoms with van der Waals surface area (Å²) in [6, 6.07) is 11.0. The van der Waals surface area contributed by atoms with Crippen LogP contribution in [0, 0.1) is 0 Å². The minimum absolute atomic E-state index is 0.146. The molecule has 0 bridgehead atoms. The van der Waals surface area contributed by atoms with Crippen molar-refractivity contribution in [3.8, 4) is 0 Å². The van der Waals surface area contributed by atoms with Gasteiger partial charge in [0.2, 0.25) is 0 Å². The van der Waals surface area contributed by atoms with Crippen LogP contribution in [0.4, 0.5) is 5.69 Å². The monoisotopic (exact) mass is 357 g/mol. The largest absolute Gasteiger partial charge is 0.306 e. The van der Waals surface area contributed by atoms with Crippen LogP contribution < -0.4 is 10.5 Å². The average molecular weight is 357 g/mol. The lowest BCUT2D eigenvalue weighted by atomic mass is 10.2. The highest BCUT2D eigenvalue weighted by atomic mass is 32.2. The highest BCUT2D eigenvalue weighted by Crippen LogP contribution is 2.37. The lowest BCUT2D eigenvalue weighted by molar-refractivity contribution is 0.0979. The zero-order valence-electron chi connectivity index (χ0n) is 14.6. The number of carbonyl (C=O) groups excluding carboxylic acids is 1. The second-order valence-corrected chi connectivity index (χ2v) is 7.76. The first-order valence-corrected chi connectivity index (χ1v) is 9.64. The zero-order chi connectivity index (χ0) is 17.8. The van der Waals surface area contributed by atoms with Gasteiger partial charge in [0.1, 0.15) is 5.69 Å². The van der Waals surface area contributed by atoms with Crippen molar-refractivity contribution in [2.45, 2.75) is 49.8 Å². The molecule has 6 heteroatoms. The molecule has 1 aromatic carbocycles. The molecule has 0 saturated carbocycles. The van der Waals surface area contributed by atoms with E-state index in [0.29, 0.717) is 24.0 Å². The molecule has 1 atom stereocenters. The van der Waals surface area contributed by atoms with Crippen LogP contribution in [0.15, 0.2) is 46.1 Å². The Bertz CT molecular complexity index is 818. The molecule has 25 heavy (non-hydrogen) atoms. The van der Waals surface area contributed by atoms with Gasteiger partial charge in [-0.3, -0.25) is 9.59 Å². The Morgan fingerprint density at radius 1 is 1.28 bits per heavy atom. The Morgan fingerprint density at radius 3 is 2.88 bits per heavy atom. The average Bonchev–Trinajstić information content (AvgIpc) is 2.78. The van der Waals surface area contributed by atoms with Crippen molar-refractivity contribution in [2.24, 2.45) is 0 Å². The summed E-state index contributed by atoms with van der Waals surface area (Å²) in [5, 5.41) is 4.76. The second-order valence-electron chi connectivity index (χ2n) is 6.28. The maximum Gasteiger partial charge on any atom is 0.278 e. The Hall–Kier alpha value is -2.08. The predicted molar refractivity (Wildman–Crippen MR) is 101 cm³/mol. The number of aromatic nitrogens is 2. The number of nitrogens with zero attached hydrogens (tertiary/aromatic N) is 3. The van der Waals surface area contributed by atoms with Crippen molar-refractivity contribution >= 4 is 23.4 Å². The quantitative estimate of drug-likeness (QED) is 0.839. The summed E-state index contributed by atoms with van der Waals surface area (Å²) in [6.07, 6.45) is 2.76. The van der Waals surface area contributed by atoms with Crippen molar-refractivity contribution in [3.05, 3.63) is 52.4 Å². The molecular weight excluding hydrogens is 334 g/mol. The molecule has 1 amide bonds. The molecule has 0 saturated heterocycles. The van der Waals surface area contributed by atoms with Gasteiger partial charge in [-0.15, -0.1) is 11.8 Å². The molecule has 0 N–H and O–H groups in total. The maximum absolute atomic E-state index is 13.1. The van der Waals surface area contributed by atoms with Crippen LogP contribution in [0.5, 0.6) is 0 Å². The Balaban J connectivity index is 1.94. The summed E-state index contributed by atoms with van der Waals surface area (Å²) >= 11 is 1.80. The number of anilines is 1. The van der Waals surface area contributed by atoms with Gasteiger partial charge in [-0.1, -0.05) is 32.4 Å². The van der Waals surface area contributed by atoms with Crippen LogP contribution in [-0.2, 0) is 6.54 Å². The first kappa shape index (κ1) is 17.7. The van der Waals surface area contributed by atoms with Gasteiger partial charge in [0.05, 0.1) is 5.69 Å². The van der Waals surface area contributed by atoms with Crippen LogP contribution in [0.25, 0.3) is 0 Å². The minimum atomic E-state index is -0.162. The molecule has 1 aromatic heterocycles. The maximum atomic E-state index is 13.1. The molecule has 132 valence electrons. The third-order valence-electron chi connectivity index (χ3n) is 4.30. The molecule has 2 heterocycles. The number of para-hydroxylation sites is 1. The topological polar surface area (TPSA) is 55.2 Å². The van der Waals surface area contributed by atoms with Crippen LogP contribution in [-0.4, -0.2) is 27.5 Å². The van der Waals surface area contributed by atoms with E-state index in [4.69, 9.17) is 0 Å². The number of carbonyl (C=O) groups is 1. The van der Waals surface area contributed by atoms with Crippen molar-refractivity contribution in [2.75, 3.05) is 11.4 Å². The lowest BCUT2D eigenvalue weighted by Gasteiger charge is -2.22. The number of aryl methyl sites for hydroxylation is 1. The normalized spacial score (nSPS) is 17.0. The van der Waals surface area contributed by atoms with Gasteiger partial charge >= 0.3 is 0 Å². The fourth-order valence-corrected chi connectivity index (χ4v) is 3.98. The first-order valence-electron chi connectivity index (χ1n) is 8.76. The van der Waals surface area contributed by atoms with E-state index in [9.17, 15) is 9.59 Å². The second kappa shape index (κ2) is 7.87. The smallest absolute Gasteiger partial charge is 0.278 e. The predicted octanol–water partition coefficient (Wildman–Crippen LogP) is 3.57. The fourth-order valence-electron chi connectivity index (χ4n) is 2.87. The summed E-state index contributed by atoms with van der Waals surface area (Å²) in [5.41, 5.74) is 1.09. The lowest BCUT2D eigenvalue weighted by Crippen LogP contribution is -2.35. The van der Waals surface area contributed by atoms with Crippen LogP contribution in [0.3, 0.4) is 0 Å². The zero-order valence-corrected chi connectivity index (χ0v) is 15.5. The van der Waals surface area contributed by atoms with Crippen molar-refractivity contribution in [3.63, 3.8) is 0 Å². The molecule has 0 radical (unpaired) electrons. The van der Waals surface area contributed by atoms with Crippen molar-refractivity contribution in [1.82, 2.24) is 9.78 Å². The number of rotatable bonds is 4. The number of thioether (sulfide) groups is 1. The molecule has 3 rings (SSSR count). The molecule has 1 unspecified atom stereocenters. The molecule has 0 spiro atoms. The van der Waals surface area contributed by atoms with Gasteiger partial charge in [0.25, 0.3) is 11.5 Å².